The zero-order valence-electron chi connectivity index (χ0n) is 14.2. The molecule has 5 heteroatoms. The number of carbonyl (C=O) groups excluding carboxylic acids is 1. The third-order valence-corrected chi connectivity index (χ3v) is 4.59. The van der Waals surface area contributed by atoms with Crippen LogP contribution < -0.4 is 0 Å². The normalized spacial score (nSPS) is 13.1. The molecular formula is C17H25N3OS. The molecule has 2 aromatic rings. The molecule has 2 rings (SSSR count). The molecule has 0 spiro atoms. The van der Waals surface area contributed by atoms with Gasteiger partial charge in [-0.2, -0.15) is 0 Å². The molecule has 1 aromatic heterocycles. The van der Waals surface area contributed by atoms with E-state index >= 15 is 0 Å². The van der Waals surface area contributed by atoms with Crippen molar-refractivity contribution in [2.75, 3.05) is 0 Å². The number of imidazole rings is 1. The van der Waals surface area contributed by atoms with Crippen LogP contribution in [0.4, 0.5) is 0 Å². The van der Waals surface area contributed by atoms with Gasteiger partial charge in [0, 0.05) is 12.1 Å². The van der Waals surface area contributed by atoms with Crippen LogP contribution in [-0.4, -0.2) is 38.1 Å². The van der Waals surface area contributed by atoms with Crippen molar-refractivity contribution in [3.8, 4) is 0 Å². The van der Waals surface area contributed by atoms with Crippen molar-refractivity contribution in [3.63, 3.8) is 0 Å². The summed E-state index contributed by atoms with van der Waals surface area (Å²) in [7, 11) is 0. The number of fused-ring (bicyclic) bond motifs is 1. The van der Waals surface area contributed by atoms with Gasteiger partial charge in [0.25, 0.3) is 0 Å². The molecule has 0 saturated heterocycles. The highest BCUT2D eigenvalue weighted by Crippen LogP contribution is 2.26. The number of carbonyl (C=O) groups is 1. The lowest BCUT2D eigenvalue weighted by molar-refractivity contribution is -0.133. The lowest BCUT2D eigenvalue weighted by Crippen LogP contribution is -2.45. The molecule has 0 radical (unpaired) electrons. The predicted molar refractivity (Wildman–Crippen MR) is 93.3 cm³/mol. The number of hydrogen-bond acceptors (Lipinski definition) is 3. The Hall–Kier alpha value is -1.49. The Morgan fingerprint density at radius 1 is 1.18 bits per heavy atom. The van der Waals surface area contributed by atoms with Gasteiger partial charge in [0.1, 0.15) is 0 Å². The average Bonchev–Trinajstić information content (AvgIpc) is 2.78. The minimum Gasteiger partial charge on any atom is -0.337 e. The number of nitrogens with one attached hydrogen (secondary N) is 1. The van der Waals surface area contributed by atoms with Gasteiger partial charge in [0.2, 0.25) is 5.91 Å². The van der Waals surface area contributed by atoms with E-state index in [0.717, 1.165) is 16.2 Å². The second-order valence-electron chi connectivity index (χ2n) is 6.26. The van der Waals surface area contributed by atoms with Crippen LogP contribution in [0.5, 0.6) is 0 Å². The Morgan fingerprint density at radius 3 is 2.41 bits per heavy atom. The van der Waals surface area contributed by atoms with Gasteiger partial charge in [-0.3, -0.25) is 4.79 Å². The van der Waals surface area contributed by atoms with E-state index in [1.54, 1.807) is 0 Å². The smallest absolute Gasteiger partial charge is 0.236 e. The molecule has 1 aromatic carbocycles. The maximum absolute atomic E-state index is 12.7. The molecule has 1 heterocycles. The largest absolute Gasteiger partial charge is 0.337 e. The monoisotopic (exact) mass is 319 g/mol. The highest BCUT2D eigenvalue weighted by molar-refractivity contribution is 8.00. The molecule has 0 aliphatic carbocycles. The molecule has 0 aliphatic rings. The second-order valence-corrected chi connectivity index (χ2v) is 7.59. The number of aryl methyl sites for hydroxylation is 1. The Morgan fingerprint density at radius 2 is 1.82 bits per heavy atom. The van der Waals surface area contributed by atoms with Crippen LogP contribution in [0.3, 0.4) is 0 Å². The Bertz CT molecular complexity index is 655. The second kappa shape index (κ2) is 6.73. The maximum Gasteiger partial charge on any atom is 0.236 e. The van der Waals surface area contributed by atoms with Gasteiger partial charge in [0.05, 0.1) is 16.3 Å². The molecule has 120 valence electrons. The number of aromatic amines is 1. The number of hydrogen-bond donors (Lipinski definition) is 1. The van der Waals surface area contributed by atoms with Crippen molar-refractivity contribution in [3.05, 3.63) is 23.8 Å². The third-order valence-electron chi connectivity index (χ3n) is 3.62. The zero-order valence-corrected chi connectivity index (χ0v) is 15.0. The fraction of sp³-hybridized carbons (Fsp3) is 0.529. The van der Waals surface area contributed by atoms with E-state index < -0.39 is 0 Å². The summed E-state index contributed by atoms with van der Waals surface area (Å²) in [4.78, 5) is 22.5. The number of nitrogens with zero attached hydrogens (tertiary/aromatic N) is 2. The SMILES string of the molecule is Cc1ccc2nc(SC(C)C(=O)N(C(C)C)C(C)C)[nH]c2c1. The van der Waals surface area contributed by atoms with Crippen molar-refractivity contribution in [2.24, 2.45) is 0 Å². The summed E-state index contributed by atoms with van der Waals surface area (Å²) in [5, 5.41) is 0.639. The summed E-state index contributed by atoms with van der Waals surface area (Å²) in [5.74, 6) is 0.159. The summed E-state index contributed by atoms with van der Waals surface area (Å²) in [6.07, 6.45) is 0. The standard InChI is InChI=1S/C17H25N3OS/c1-10(2)20(11(3)4)16(21)13(6)22-17-18-14-8-7-12(5)9-15(14)19-17/h7-11,13H,1-6H3,(H,18,19). The number of rotatable bonds is 5. The van der Waals surface area contributed by atoms with Crippen LogP contribution in [0.1, 0.15) is 40.2 Å². The summed E-state index contributed by atoms with van der Waals surface area (Å²) in [6, 6.07) is 6.54. The van der Waals surface area contributed by atoms with E-state index in [9.17, 15) is 4.79 Å². The van der Waals surface area contributed by atoms with Crippen molar-refractivity contribution < 1.29 is 4.79 Å². The Labute approximate surface area is 136 Å². The predicted octanol–water partition coefficient (Wildman–Crippen LogP) is 4.00. The molecule has 0 saturated carbocycles. The fourth-order valence-corrected chi connectivity index (χ4v) is 3.57. The van der Waals surface area contributed by atoms with E-state index in [1.807, 2.05) is 24.0 Å². The first-order valence-electron chi connectivity index (χ1n) is 7.74. The van der Waals surface area contributed by atoms with Crippen LogP contribution >= 0.6 is 11.8 Å². The Kier molecular flexibility index (Phi) is 5.16. The quantitative estimate of drug-likeness (QED) is 0.848. The van der Waals surface area contributed by atoms with E-state index in [0.29, 0.717) is 0 Å². The number of aromatic nitrogens is 2. The van der Waals surface area contributed by atoms with Crippen LogP contribution in [0, 0.1) is 6.92 Å². The van der Waals surface area contributed by atoms with Crippen molar-refractivity contribution in [1.29, 1.82) is 0 Å². The first-order chi connectivity index (χ1) is 10.3. The van der Waals surface area contributed by atoms with E-state index in [1.165, 1.54) is 17.3 Å². The summed E-state index contributed by atoms with van der Waals surface area (Å²) >= 11 is 1.49. The molecule has 1 amide bonds. The minimum absolute atomic E-state index is 0.159. The number of benzene rings is 1. The van der Waals surface area contributed by atoms with Gasteiger partial charge >= 0.3 is 0 Å². The number of amides is 1. The number of thioether (sulfide) groups is 1. The Balaban J connectivity index is 2.15. The fourth-order valence-electron chi connectivity index (χ4n) is 2.69. The molecule has 4 nitrogen and oxygen atoms in total. The molecule has 0 bridgehead atoms. The lowest BCUT2D eigenvalue weighted by atomic mass is 10.2. The van der Waals surface area contributed by atoms with E-state index in [-0.39, 0.29) is 23.2 Å². The van der Waals surface area contributed by atoms with Gasteiger partial charge < -0.3 is 9.88 Å². The molecule has 22 heavy (non-hydrogen) atoms. The van der Waals surface area contributed by atoms with Gasteiger partial charge in [-0.05, 0) is 59.2 Å². The highest BCUT2D eigenvalue weighted by atomic mass is 32.2. The number of H-pyrrole nitrogens is 1. The zero-order chi connectivity index (χ0) is 16.4. The van der Waals surface area contributed by atoms with Crippen molar-refractivity contribution in [1.82, 2.24) is 14.9 Å². The van der Waals surface area contributed by atoms with Crippen molar-refractivity contribution in [2.45, 2.75) is 64.0 Å². The van der Waals surface area contributed by atoms with Crippen molar-refractivity contribution >= 4 is 28.7 Å². The van der Waals surface area contributed by atoms with Crippen LogP contribution in [-0.2, 0) is 4.79 Å². The third kappa shape index (κ3) is 3.64. The van der Waals surface area contributed by atoms with Gasteiger partial charge in [-0.15, -0.1) is 0 Å². The highest BCUT2D eigenvalue weighted by Gasteiger charge is 2.26. The lowest BCUT2D eigenvalue weighted by Gasteiger charge is -2.32. The first kappa shape index (κ1) is 16.9. The van der Waals surface area contributed by atoms with Crippen LogP contribution in [0.15, 0.2) is 23.4 Å². The molecule has 1 N–H and O–H groups in total. The van der Waals surface area contributed by atoms with Gasteiger partial charge in [-0.25, -0.2) is 4.98 Å². The van der Waals surface area contributed by atoms with Crippen LogP contribution in [0.2, 0.25) is 0 Å². The van der Waals surface area contributed by atoms with Crippen LogP contribution in [0.25, 0.3) is 11.0 Å². The van der Waals surface area contributed by atoms with Gasteiger partial charge in [-0.1, -0.05) is 17.8 Å². The molecule has 1 unspecified atom stereocenters. The van der Waals surface area contributed by atoms with Gasteiger partial charge in [0.15, 0.2) is 5.16 Å². The molecule has 0 fully saturated rings. The average molecular weight is 319 g/mol. The topological polar surface area (TPSA) is 49.0 Å². The summed E-state index contributed by atoms with van der Waals surface area (Å²) in [6.45, 7) is 12.2. The molecule has 0 aliphatic heterocycles. The minimum atomic E-state index is -0.161. The van der Waals surface area contributed by atoms with E-state index in [2.05, 4.69) is 50.7 Å². The maximum atomic E-state index is 12.7. The summed E-state index contributed by atoms with van der Waals surface area (Å²) < 4.78 is 0. The summed E-state index contributed by atoms with van der Waals surface area (Å²) in [5.41, 5.74) is 3.16. The molecule has 1 atom stereocenters. The van der Waals surface area contributed by atoms with E-state index in [4.69, 9.17) is 0 Å². The first-order valence-corrected chi connectivity index (χ1v) is 8.62. The molecular weight excluding hydrogens is 294 g/mol.